The van der Waals surface area contributed by atoms with E-state index in [9.17, 15) is 29.7 Å². The number of likely N-dealkylation sites (tertiary alicyclic amines) is 1. The van der Waals surface area contributed by atoms with Crippen molar-refractivity contribution in [2.45, 2.75) is 50.0 Å². The quantitative estimate of drug-likeness (QED) is 0.0663. The molecule has 1 saturated carbocycles. The summed E-state index contributed by atoms with van der Waals surface area (Å²) < 4.78 is 17.6. The van der Waals surface area contributed by atoms with Crippen LogP contribution in [0.15, 0.2) is 76.2 Å². The fraction of sp³-hybridized carbons (Fsp3) is 0.375. The normalized spacial score (nSPS) is 16.4. The largest absolute Gasteiger partial charge is 0.506 e. The number of hydrogen-bond acceptors (Lipinski definition) is 12. The maximum absolute atomic E-state index is 12.8. The molecule has 1 aliphatic heterocycles. The van der Waals surface area contributed by atoms with Crippen molar-refractivity contribution < 1.29 is 39.1 Å². The number of nitrogens with zero attached hydrogens (tertiary/aromatic N) is 1. The summed E-state index contributed by atoms with van der Waals surface area (Å²) in [5.74, 6) is -0.612. The molecule has 1 saturated heterocycles. The van der Waals surface area contributed by atoms with Gasteiger partial charge in [-0.1, -0.05) is 29.8 Å². The van der Waals surface area contributed by atoms with Crippen molar-refractivity contribution in [1.82, 2.24) is 15.2 Å². The minimum Gasteiger partial charge on any atom is -0.506 e. The summed E-state index contributed by atoms with van der Waals surface area (Å²) >= 11 is 9.34. The Morgan fingerprint density at radius 3 is 2.43 bits per heavy atom. The number of ether oxygens (including phenoxy) is 3. The van der Waals surface area contributed by atoms with Gasteiger partial charge in [-0.2, -0.15) is 0 Å². The highest BCUT2D eigenvalue weighted by Crippen LogP contribution is 2.53. The molecule has 5 aromatic rings. The zero-order chi connectivity index (χ0) is 39.5. The second-order valence-corrected chi connectivity index (χ2v) is 16.6. The number of pyridine rings is 1. The van der Waals surface area contributed by atoms with Gasteiger partial charge in [-0.25, -0.2) is 9.59 Å². The van der Waals surface area contributed by atoms with Gasteiger partial charge in [-0.15, -0.1) is 22.7 Å². The highest BCUT2D eigenvalue weighted by atomic mass is 35.5. The number of aromatic amines is 1. The lowest BCUT2D eigenvalue weighted by molar-refractivity contribution is -0.190. The molecule has 0 radical (unpaired) electrons. The molecule has 13 nitrogen and oxygen atoms in total. The maximum Gasteiger partial charge on any atom is 0.411 e. The molecule has 3 aromatic heterocycles. The third-order valence-corrected chi connectivity index (χ3v) is 13.0. The molecule has 6 N–H and O–H groups in total. The van der Waals surface area contributed by atoms with Gasteiger partial charge in [0.25, 0.3) is 0 Å². The summed E-state index contributed by atoms with van der Waals surface area (Å²) in [6, 6.07) is 16.6. The number of thiophene rings is 2. The van der Waals surface area contributed by atoms with E-state index < -0.39 is 23.8 Å². The number of hydrogen-bond donors (Lipinski definition) is 6. The number of aromatic nitrogens is 1. The molecular formula is C40H43ClN4O9S2. The summed E-state index contributed by atoms with van der Waals surface area (Å²) in [5.41, 5.74) is 0.0852. The minimum atomic E-state index is -1.50. The van der Waals surface area contributed by atoms with Gasteiger partial charge in [-0.05, 0) is 90.8 Å². The average molecular weight is 823 g/mol. The summed E-state index contributed by atoms with van der Waals surface area (Å²) in [4.78, 5) is 43.5. The number of aromatic hydroxyl groups is 1. The first-order valence-corrected chi connectivity index (χ1v) is 20.4. The fourth-order valence-corrected chi connectivity index (χ4v) is 9.83. The highest BCUT2D eigenvalue weighted by Gasteiger charge is 2.53. The zero-order valence-electron chi connectivity index (χ0n) is 30.6. The van der Waals surface area contributed by atoms with Gasteiger partial charge in [0.15, 0.2) is 0 Å². The Hall–Kier alpha value is -4.48. The molecule has 1 aliphatic carbocycles. The maximum atomic E-state index is 12.8. The molecule has 0 bridgehead atoms. The van der Waals surface area contributed by atoms with Crippen LogP contribution in [0.2, 0.25) is 5.02 Å². The van der Waals surface area contributed by atoms with Gasteiger partial charge in [0.2, 0.25) is 11.2 Å². The van der Waals surface area contributed by atoms with E-state index >= 15 is 0 Å². The lowest BCUT2D eigenvalue weighted by atomic mass is 9.61. The molecule has 2 fully saturated rings. The van der Waals surface area contributed by atoms with Crippen molar-refractivity contribution in [3.8, 4) is 11.5 Å². The smallest absolute Gasteiger partial charge is 0.411 e. The van der Waals surface area contributed by atoms with Crippen LogP contribution >= 0.6 is 34.3 Å². The highest BCUT2D eigenvalue weighted by molar-refractivity contribution is 7.12. The number of aliphatic hydroxyl groups excluding tert-OH is 1. The molecule has 296 valence electrons. The second-order valence-electron chi connectivity index (χ2n) is 14.3. The van der Waals surface area contributed by atoms with Crippen molar-refractivity contribution in [3.05, 3.63) is 108 Å². The number of methoxy groups -OCH3 is 1. The van der Waals surface area contributed by atoms with Crippen molar-refractivity contribution in [2.75, 3.05) is 45.2 Å². The number of carbonyl (C=O) groups is 2. The van der Waals surface area contributed by atoms with Crippen molar-refractivity contribution in [1.29, 1.82) is 0 Å². The van der Waals surface area contributed by atoms with Crippen molar-refractivity contribution in [2.24, 2.45) is 5.41 Å². The number of amides is 1. The summed E-state index contributed by atoms with van der Waals surface area (Å²) in [6.07, 6.45) is 1.81. The molecule has 1 amide bonds. The van der Waals surface area contributed by atoms with Crippen LogP contribution in [0.3, 0.4) is 0 Å². The predicted molar refractivity (Wildman–Crippen MR) is 215 cm³/mol. The predicted octanol–water partition coefficient (Wildman–Crippen LogP) is 6.68. The number of aliphatic carboxylic acids is 1. The van der Waals surface area contributed by atoms with Crippen LogP contribution < -0.4 is 20.9 Å². The number of fused-ring (bicyclic) bond motifs is 1. The van der Waals surface area contributed by atoms with E-state index in [2.05, 4.69) is 20.5 Å². The molecule has 56 heavy (non-hydrogen) atoms. The number of phenols is 1. The third kappa shape index (κ3) is 8.30. The lowest BCUT2D eigenvalue weighted by Gasteiger charge is -2.53. The van der Waals surface area contributed by atoms with E-state index in [0.717, 1.165) is 38.8 Å². The number of carboxylic acid groups (broad SMARTS) is 1. The molecule has 2 aliphatic rings. The topological polar surface area (TPSA) is 183 Å². The molecule has 1 spiro atoms. The van der Waals surface area contributed by atoms with E-state index in [0.29, 0.717) is 44.2 Å². The lowest BCUT2D eigenvalue weighted by Crippen LogP contribution is -2.53. The van der Waals surface area contributed by atoms with E-state index in [4.69, 9.17) is 25.8 Å². The summed E-state index contributed by atoms with van der Waals surface area (Å²) in [6.45, 7) is 2.90. The number of benzene rings is 2. The van der Waals surface area contributed by atoms with E-state index in [-0.39, 0.29) is 53.1 Å². The van der Waals surface area contributed by atoms with E-state index in [1.807, 2.05) is 35.0 Å². The summed E-state index contributed by atoms with van der Waals surface area (Å²) in [7, 11) is 1.51. The number of piperidine rings is 1. The third-order valence-electron chi connectivity index (χ3n) is 10.8. The zero-order valence-corrected chi connectivity index (χ0v) is 33.0. The number of aliphatic hydroxyl groups is 1. The second kappa shape index (κ2) is 16.9. The minimum absolute atomic E-state index is 0.0859. The number of rotatable bonds is 15. The molecule has 4 heterocycles. The summed E-state index contributed by atoms with van der Waals surface area (Å²) in [5, 5.41) is 42.0. The molecule has 7 rings (SSSR count). The van der Waals surface area contributed by atoms with Crippen LogP contribution in [0.4, 0.5) is 10.5 Å². The van der Waals surface area contributed by atoms with Crippen molar-refractivity contribution in [3.63, 3.8) is 0 Å². The number of halogens is 1. The SMILES string of the molecule is COc1cc(NC(=O)OCCN2CCC3(CC2)CC(OC(C(=O)O)(c2cccs2)c2cccs2)C3)c(Cl)cc1CNC[C@H](O)c1ccc(O)c2[nH]c(=O)ccc12. The number of carboxylic acids is 1. The first-order valence-electron chi connectivity index (χ1n) is 18.3. The van der Waals surface area contributed by atoms with Gasteiger partial charge in [0.05, 0.1) is 45.3 Å². The molecule has 16 heteroatoms. The van der Waals surface area contributed by atoms with Crippen LogP contribution in [0.5, 0.6) is 11.5 Å². The monoisotopic (exact) mass is 822 g/mol. The van der Waals surface area contributed by atoms with Gasteiger partial charge in [0.1, 0.15) is 18.1 Å². The van der Waals surface area contributed by atoms with Crippen molar-refractivity contribution >= 4 is 62.9 Å². The van der Waals surface area contributed by atoms with Gasteiger partial charge in [-0.3, -0.25) is 15.0 Å². The van der Waals surface area contributed by atoms with Crippen LogP contribution in [-0.4, -0.2) is 83.3 Å². The van der Waals surface area contributed by atoms with Gasteiger partial charge >= 0.3 is 12.1 Å². The average Bonchev–Trinajstić information content (AvgIpc) is 3.91. The number of carbonyl (C=O) groups excluding carboxylic acids is 1. The number of nitrogens with one attached hydrogen (secondary N) is 3. The molecular weight excluding hydrogens is 780 g/mol. The number of phenolic OH excluding ortho intramolecular Hbond substituents is 1. The standard InChI is InChI=1S/C40H43ClN4O9S2/c1-52-32-19-29(28(41)18-24(32)22-42-23-31(47)26-6-8-30(46)36-27(26)7-9-35(48)44-36)43-38(51)53-15-14-45-12-10-39(11-13-45)20-25(21-39)54-40(37(49)50,33-4-2-16-55-33)34-5-3-17-56-34/h2-9,16-19,25,31,42,46-47H,10-15,20-23H2,1H3,(H,43,51)(H,44,48)(H,49,50)/t31-/m0/s1. The Kier molecular flexibility index (Phi) is 12.0. The van der Waals surface area contributed by atoms with Crippen LogP contribution in [-0.2, 0) is 26.4 Å². The van der Waals surface area contributed by atoms with Gasteiger partial charge < -0.3 is 39.8 Å². The van der Waals surface area contributed by atoms with Crippen LogP contribution in [0, 0.1) is 5.41 Å². The molecule has 1 atom stereocenters. The molecule has 0 unspecified atom stereocenters. The Morgan fingerprint density at radius 2 is 1.79 bits per heavy atom. The Morgan fingerprint density at radius 1 is 1.07 bits per heavy atom. The Balaban J connectivity index is 0.852. The number of H-pyrrole nitrogens is 1. The first kappa shape index (κ1) is 39.7. The Labute approximate surface area is 335 Å². The van der Waals surface area contributed by atoms with E-state index in [1.165, 1.54) is 41.9 Å². The number of anilines is 1. The first-order chi connectivity index (χ1) is 27.0. The van der Waals surface area contributed by atoms with Crippen LogP contribution in [0.25, 0.3) is 10.9 Å². The van der Waals surface area contributed by atoms with Crippen LogP contribution in [0.1, 0.15) is 52.7 Å². The van der Waals surface area contributed by atoms with E-state index in [1.54, 1.807) is 24.3 Å². The molecule has 2 aromatic carbocycles. The van der Waals surface area contributed by atoms with Gasteiger partial charge in [0, 0.05) is 42.7 Å². The Bertz CT molecular complexity index is 2180. The fourth-order valence-electron chi connectivity index (χ4n) is 7.79.